The molecule has 0 radical (unpaired) electrons. The molecule has 31 heavy (non-hydrogen) atoms. The average Bonchev–Trinajstić information content (AvgIpc) is 2.73. The molecular weight excluding hydrogens is 473 g/mol. The Labute approximate surface area is 186 Å². The van der Waals surface area contributed by atoms with Crippen LogP contribution < -0.4 is 32.1 Å². The van der Waals surface area contributed by atoms with Crippen LogP contribution >= 0.6 is 15.9 Å². The highest BCUT2D eigenvalue weighted by atomic mass is 79.9. The molecule has 7 N–H and O–H groups in total. The lowest BCUT2D eigenvalue weighted by Crippen LogP contribution is -2.47. The second-order valence-electron chi connectivity index (χ2n) is 6.79. The number of fused-ring (bicyclic) bond motifs is 1. The third kappa shape index (κ3) is 5.60. The maximum Gasteiger partial charge on any atom is 0.266 e. The van der Waals surface area contributed by atoms with E-state index in [2.05, 4.69) is 36.9 Å². The Hall–Kier alpha value is -2.96. The van der Waals surface area contributed by atoms with Crippen LogP contribution in [0.4, 0.5) is 15.8 Å². The number of hydrazine groups is 1. The highest BCUT2D eigenvalue weighted by molar-refractivity contribution is 9.10. The van der Waals surface area contributed by atoms with Crippen molar-refractivity contribution in [3.63, 3.8) is 0 Å². The number of rotatable bonds is 8. The Morgan fingerprint density at radius 3 is 2.90 bits per heavy atom. The largest absolute Gasteiger partial charge is 0.504 e. The van der Waals surface area contributed by atoms with Gasteiger partial charge in [0, 0.05) is 28.2 Å². The van der Waals surface area contributed by atoms with Crippen molar-refractivity contribution in [2.75, 3.05) is 23.6 Å². The Bertz CT molecular complexity index is 976. The number of carbonyl (C=O) groups excluding carboxylic acids is 1. The summed E-state index contributed by atoms with van der Waals surface area (Å²) in [5.41, 5.74) is 1.54. The number of anilines is 2. The summed E-state index contributed by atoms with van der Waals surface area (Å²) < 4.78 is 20.6. The molecule has 3 rings (SSSR count). The number of phenols is 1. The van der Waals surface area contributed by atoms with Crippen molar-refractivity contribution >= 4 is 33.2 Å². The fourth-order valence-electron chi connectivity index (χ4n) is 3.19. The molecule has 1 amide bonds. The summed E-state index contributed by atoms with van der Waals surface area (Å²) in [5.74, 6) is 10.4. The molecule has 0 spiro atoms. The van der Waals surface area contributed by atoms with Crippen LogP contribution in [0.5, 0.6) is 11.5 Å². The van der Waals surface area contributed by atoms with Gasteiger partial charge in [0.25, 0.3) is 5.91 Å². The molecule has 2 aromatic rings. The van der Waals surface area contributed by atoms with Crippen molar-refractivity contribution in [1.29, 1.82) is 0 Å². The maximum atomic E-state index is 14.4. The Balaban J connectivity index is 1.68. The summed E-state index contributed by atoms with van der Waals surface area (Å²) in [6.07, 6.45) is 0.775. The predicted octanol–water partition coefficient (Wildman–Crippen LogP) is 3.05. The Kier molecular flexibility index (Phi) is 7.60. The minimum absolute atomic E-state index is 0.0769. The van der Waals surface area contributed by atoms with Crippen molar-refractivity contribution < 1.29 is 19.0 Å². The van der Waals surface area contributed by atoms with Crippen molar-refractivity contribution in [3.05, 3.63) is 46.2 Å². The zero-order valence-electron chi connectivity index (χ0n) is 16.5. The van der Waals surface area contributed by atoms with E-state index < -0.39 is 17.9 Å². The minimum atomic E-state index is -0.574. The fraction of sp³-hybridized carbons (Fsp3) is 0.316. The molecule has 1 aliphatic heterocycles. The summed E-state index contributed by atoms with van der Waals surface area (Å²) in [4.78, 5) is 11.2. The van der Waals surface area contributed by atoms with Crippen LogP contribution in [0.15, 0.2) is 45.1 Å². The van der Waals surface area contributed by atoms with E-state index in [1.807, 2.05) is 0 Å². The van der Waals surface area contributed by atoms with E-state index in [-0.39, 0.29) is 17.9 Å². The van der Waals surface area contributed by atoms with Crippen molar-refractivity contribution in [3.8, 4) is 11.5 Å². The van der Waals surface area contributed by atoms with E-state index in [1.54, 1.807) is 18.2 Å². The van der Waals surface area contributed by atoms with Crippen molar-refractivity contribution in [1.82, 2.24) is 5.32 Å². The predicted molar refractivity (Wildman–Crippen MR) is 117 cm³/mol. The second-order valence-corrected chi connectivity index (χ2v) is 7.70. The molecule has 0 saturated heterocycles. The van der Waals surface area contributed by atoms with Gasteiger partial charge in [-0.3, -0.25) is 15.1 Å². The lowest BCUT2D eigenvalue weighted by Gasteiger charge is -2.35. The first-order valence-electron chi connectivity index (χ1n) is 9.50. The van der Waals surface area contributed by atoms with Gasteiger partial charge in [0.15, 0.2) is 11.5 Å². The highest BCUT2D eigenvalue weighted by Gasteiger charge is 2.27. The second kappa shape index (κ2) is 10.4. The number of hydrogen-bond acceptors (Lipinski definition) is 8. The Morgan fingerprint density at radius 1 is 1.35 bits per heavy atom. The van der Waals surface area contributed by atoms with Gasteiger partial charge >= 0.3 is 0 Å². The number of unbranched alkanes of at least 4 members (excludes halogenated alkanes) is 1. The van der Waals surface area contributed by atoms with E-state index in [0.717, 1.165) is 0 Å². The molecular formula is C19H23BrFN7O3. The first kappa shape index (κ1) is 22.7. The summed E-state index contributed by atoms with van der Waals surface area (Å²) >= 11 is 3.23. The van der Waals surface area contributed by atoms with Crippen LogP contribution in [0.3, 0.4) is 0 Å². The number of carbonyl (C=O) groups is 1. The third-order valence-electron chi connectivity index (χ3n) is 4.68. The first-order valence-corrected chi connectivity index (χ1v) is 10.3. The van der Waals surface area contributed by atoms with Gasteiger partial charge < -0.3 is 21.0 Å². The highest BCUT2D eigenvalue weighted by Crippen LogP contribution is 2.39. The zero-order valence-corrected chi connectivity index (χ0v) is 18.1. The molecule has 0 aliphatic carbocycles. The smallest absolute Gasteiger partial charge is 0.266 e. The number of ether oxygens (including phenoxy) is 1. The van der Waals surface area contributed by atoms with Crippen LogP contribution in [-0.4, -0.2) is 24.3 Å². The summed E-state index contributed by atoms with van der Waals surface area (Å²) in [7, 11) is 0. The van der Waals surface area contributed by atoms with Gasteiger partial charge in [-0.05, 0) is 37.1 Å². The molecule has 166 valence electrons. The number of halogens is 2. The summed E-state index contributed by atoms with van der Waals surface area (Å²) in [6, 6.07) is 7.79. The van der Waals surface area contributed by atoms with Gasteiger partial charge in [-0.1, -0.05) is 26.3 Å². The molecule has 0 bridgehead atoms. The topological polar surface area (TPSA) is 151 Å². The molecule has 12 heteroatoms. The maximum absolute atomic E-state index is 14.4. The number of phenolic OH excluding ortho intramolecular Hbond substituents is 1. The quantitative estimate of drug-likeness (QED) is 0.123. The molecule has 0 fully saturated rings. The summed E-state index contributed by atoms with van der Waals surface area (Å²) in [6.45, 7) is 0.680. The van der Waals surface area contributed by atoms with E-state index in [9.17, 15) is 14.3 Å². The lowest BCUT2D eigenvalue weighted by molar-refractivity contribution is -0.118. The zero-order chi connectivity index (χ0) is 22.4. The van der Waals surface area contributed by atoms with Crippen LogP contribution in [0, 0.1) is 5.82 Å². The van der Waals surface area contributed by atoms with Gasteiger partial charge in [-0.15, -0.1) is 0 Å². The number of amides is 1. The molecule has 1 aliphatic rings. The number of benzene rings is 2. The molecule has 1 unspecified atom stereocenters. The van der Waals surface area contributed by atoms with Gasteiger partial charge in [-0.25, -0.2) is 10.2 Å². The van der Waals surface area contributed by atoms with Crippen LogP contribution in [0.25, 0.3) is 0 Å². The normalized spacial score (nSPS) is 15.4. The van der Waals surface area contributed by atoms with Gasteiger partial charge in [0.05, 0.1) is 19.0 Å². The minimum Gasteiger partial charge on any atom is -0.504 e. The van der Waals surface area contributed by atoms with Crippen molar-refractivity contribution in [2.24, 2.45) is 22.0 Å². The average molecular weight is 496 g/mol. The number of nitrogens with two attached hydrogens (primary N) is 2. The first-order chi connectivity index (χ1) is 14.9. The molecule has 0 aromatic heterocycles. The molecule has 10 nitrogen and oxygen atoms in total. The number of aromatic hydroxyl groups is 1. The lowest BCUT2D eigenvalue weighted by atomic mass is 10.1. The number of nitrogens with one attached hydrogen (secondary N) is 2. The van der Waals surface area contributed by atoms with E-state index in [4.69, 9.17) is 16.4 Å². The molecule has 1 atom stereocenters. The van der Waals surface area contributed by atoms with Gasteiger partial charge in [-0.2, -0.15) is 0 Å². The fourth-order valence-corrected chi connectivity index (χ4v) is 3.52. The van der Waals surface area contributed by atoms with Crippen LogP contribution in [-0.2, 0) is 4.79 Å². The van der Waals surface area contributed by atoms with Crippen molar-refractivity contribution in [2.45, 2.75) is 25.4 Å². The van der Waals surface area contributed by atoms with Crippen LogP contribution in [0.2, 0.25) is 0 Å². The number of nitrogens with zero attached hydrogens (tertiary/aromatic N) is 3. The SMILES string of the molecule is NN=NC(=O)CCCCOc1cc2c(cc1O)C(N(N)c1ccc(Br)cc1F)NCN2. The van der Waals surface area contributed by atoms with E-state index >= 15 is 0 Å². The third-order valence-corrected chi connectivity index (χ3v) is 5.17. The monoisotopic (exact) mass is 495 g/mol. The Morgan fingerprint density at radius 2 is 2.16 bits per heavy atom. The van der Waals surface area contributed by atoms with Gasteiger partial charge in [0.2, 0.25) is 0 Å². The molecule has 0 saturated carbocycles. The molecule has 1 heterocycles. The summed E-state index contributed by atoms with van der Waals surface area (Å²) in [5, 5.41) is 24.2. The van der Waals surface area contributed by atoms with Crippen LogP contribution in [0.1, 0.15) is 31.0 Å². The number of hydrogen-bond donors (Lipinski definition) is 5. The van der Waals surface area contributed by atoms with E-state index in [1.165, 1.54) is 17.1 Å². The van der Waals surface area contributed by atoms with E-state index in [0.29, 0.717) is 47.6 Å². The van der Waals surface area contributed by atoms with Gasteiger partial charge in [0.1, 0.15) is 12.0 Å². The standard InChI is InChI=1S/C19H23BrFN7O3/c20-11-4-5-15(13(21)7-11)28(23)19-12-8-16(29)17(9-14(12)24-10-25-19)31-6-2-1-3-18(30)26-27-22/h4-5,7-9,19,24-25,29H,1-3,6,10,23H2,(H2,22,26,30). The molecule has 2 aromatic carbocycles.